The zero-order chi connectivity index (χ0) is 13.0. The third-order valence-electron chi connectivity index (χ3n) is 2.22. The molecule has 2 aromatic rings. The van der Waals surface area contributed by atoms with Crippen molar-refractivity contribution in [2.75, 3.05) is 17.7 Å². The van der Waals surface area contributed by atoms with Crippen LogP contribution >= 0.6 is 15.9 Å². The first kappa shape index (κ1) is 12.3. The minimum absolute atomic E-state index is 0.525. The number of hydrogen-bond donors (Lipinski definition) is 2. The second-order valence-electron chi connectivity index (χ2n) is 3.46. The van der Waals surface area contributed by atoms with E-state index in [0.29, 0.717) is 17.3 Å². The van der Waals surface area contributed by atoms with Gasteiger partial charge in [-0.05, 0) is 34.1 Å². The molecule has 0 aliphatic rings. The summed E-state index contributed by atoms with van der Waals surface area (Å²) in [5.74, 6) is 1.17. The normalized spacial score (nSPS) is 9.61. The fourth-order valence-electron chi connectivity index (χ4n) is 1.38. The van der Waals surface area contributed by atoms with Crippen molar-refractivity contribution in [2.24, 2.45) is 0 Å². The third-order valence-corrected chi connectivity index (χ3v) is 2.80. The third kappa shape index (κ3) is 2.76. The largest absolute Gasteiger partial charge is 0.357 e. The number of anilines is 3. The predicted molar refractivity (Wildman–Crippen MR) is 73.7 cm³/mol. The van der Waals surface area contributed by atoms with Crippen LogP contribution < -0.4 is 10.6 Å². The van der Waals surface area contributed by atoms with Crippen LogP contribution in [-0.2, 0) is 0 Å². The van der Waals surface area contributed by atoms with Crippen LogP contribution in [0.3, 0.4) is 0 Å². The van der Waals surface area contributed by atoms with Crippen LogP contribution in [0.2, 0.25) is 0 Å². The van der Waals surface area contributed by atoms with Crippen LogP contribution in [0.4, 0.5) is 17.5 Å². The molecule has 90 valence electrons. The Hall–Kier alpha value is -2.13. The number of nitrogens with one attached hydrogen (secondary N) is 2. The highest BCUT2D eigenvalue weighted by Gasteiger charge is 2.05. The van der Waals surface area contributed by atoms with E-state index in [1.165, 1.54) is 0 Å². The minimum Gasteiger partial charge on any atom is -0.357 e. The van der Waals surface area contributed by atoms with Gasteiger partial charge in [-0.15, -0.1) is 0 Å². The Morgan fingerprint density at radius 1 is 1.39 bits per heavy atom. The smallest absolute Gasteiger partial charge is 0.224 e. The monoisotopic (exact) mass is 303 g/mol. The summed E-state index contributed by atoms with van der Waals surface area (Å²) in [5, 5.41) is 14.8. The number of rotatable bonds is 3. The molecule has 0 bridgehead atoms. The maximum atomic E-state index is 8.84. The van der Waals surface area contributed by atoms with E-state index in [9.17, 15) is 0 Å². The molecular weight excluding hydrogens is 294 g/mol. The van der Waals surface area contributed by atoms with Gasteiger partial charge in [0, 0.05) is 18.9 Å². The lowest BCUT2D eigenvalue weighted by Gasteiger charge is -2.08. The van der Waals surface area contributed by atoms with Crippen LogP contribution in [-0.4, -0.2) is 17.0 Å². The summed E-state index contributed by atoms with van der Waals surface area (Å²) in [5.41, 5.74) is 1.40. The van der Waals surface area contributed by atoms with Gasteiger partial charge in [-0.3, -0.25) is 0 Å². The van der Waals surface area contributed by atoms with Crippen molar-refractivity contribution in [3.63, 3.8) is 0 Å². The first-order valence-electron chi connectivity index (χ1n) is 5.20. The summed E-state index contributed by atoms with van der Waals surface area (Å²) in [6.07, 6.45) is 1.66. The van der Waals surface area contributed by atoms with Crippen molar-refractivity contribution in [1.82, 2.24) is 9.97 Å². The molecule has 0 spiro atoms. The molecule has 0 saturated carbocycles. The Morgan fingerprint density at radius 3 is 2.94 bits per heavy atom. The van der Waals surface area contributed by atoms with Crippen LogP contribution in [0.25, 0.3) is 0 Å². The molecule has 0 atom stereocenters. The first-order chi connectivity index (χ1) is 8.72. The van der Waals surface area contributed by atoms with Crippen molar-refractivity contribution in [2.45, 2.75) is 0 Å². The van der Waals surface area contributed by atoms with Gasteiger partial charge >= 0.3 is 0 Å². The van der Waals surface area contributed by atoms with Crippen molar-refractivity contribution in [1.29, 1.82) is 5.26 Å². The van der Waals surface area contributed by atoms with E-state index in [1.807, 2.05) is 12.1 Å². The van der Waals surface area contributed by atoms with E-state index >= 15 is 0 Å². The van der Waals surface area contributed by atoms with Crippen LogP contribution in [0.15, 0.2) is 34.9 Å². The van der Waals surface area contributed by atoms with E-state index < -0.39 is 0 Å². The maximum absolute atomic E-state index is 8.84. The molecule has 0 saturated heterocycles. The molecular formula is C12H10BrN5. The number of nitriles is 1. The topological polar surface area (TPSA) is 73.6 Å². The second-order valence-corrected chi connectivity index (χ2v) is 4.31. The number of hydrogen-bond acceptors (Lipinski definition) is 5. The van der Waals surface area contributed by atoms with Crippen molar-refractivity contribution in [3.05, 3.63) is 40.5 Å². The van der Waals surface area contributed by atoms with Crippen LogP contribution in [0, 0.1) is 11.3 Å². The van der Waals surface area contributed by atoms with Gasteiger partial charge in [0.05, 0.1) is 16.1 Å². The summed E-state index contributed by atoms with van der Waals surface area (Å²) in [6, 6.07) is 9.28. The van der Waals surface area contributed by atoms with E-state index in [1.54, 1.807) is 25.4 Å². The Balaban J connectivity index is 2.30. The van der Waals surface area contributed by atoms with Crippen molar-refractivity contribution in [3.8, 4) is 6.07 Å². The van der Waals surface area contributed by atoms with E-state index in [2.05, 4.69) is 42.6 Å². The summed E-state index contributed by atoms with van der Waals surface area (Å²) in [6.45, 7) is 0. The number of halogens is 1. The number of nitrogens with zero attached hydrogens (tertiary/aromatic N) is 3. The van der Waals surface area contributed by atoms with E-state index in [0.717, 1.165) is 10.2 Å². The maximum Gasteiger partial charge on any atom is 0.224 e. The number of benzene rings is 1. The molecule has 0 amide bonds. The molecule has 5 nitrogen and oxygen atoms in total. The van der Waals surface area contributed by atoms with E-state index in [-0.39, 0.29) is 0 Å². The quantitative estimate of drug-likeness (QED) is 0.912. The highest BCUT2D eigenvalue weighted by molar-refractivity contribution is 9.10. The average Bonchev–Trinajstić information content (AvgIpc) is 2.41. The van der Waals surface area contributed by atoms with Gasteiger partial charge in [0.25, 0.3) is 0 Å². The lowest BCUT2D eigenvalue weighted by molar-refractivity contribution is 1.14. The summed E-state index contributed by atoms with van der Waals surface area (Å²) in [4.78, 5) is 8.35. The molecule has 1 aromatic heterocycles. The second kappa shape index (κ2) is 5.47. The summed E-state index contributed by atoms with van der Waals surface area (Å²) < 4.78 is 0.754. The molecule has 2 rings (SSSR count). The summed E-state index contributed by atoms with van der Waals surface area (Å²) >= 11 is 3.37. The average molecular weight is 304 g/mol. The Kier molecular flexibility index (Phi) is 3.75. The molecule has 18 heavy (non-hydrogen) atoms. The molecule has 6 heteroatoms. The highest BCUT2D eigenvalue weighted by atomic mass is 79.9. The highest BCUT2D eigenvalue weighted by Crippen LogP contribution is 2.24. The Morgan fingerprint density at radius 2 is 2.22 bits per heavy atom. The van der Waals surface area contributed by atoms with Gasteiger partial charge in [-0.25, -0.2) is 4.98 Å². The van der Waals surface area contributed by atoms with Gasteiger partial charge in [0.2, 0.25) is 5.95 Å². The predicted octanol–water partition coefficient (Wildman–Crippen LogP) is 2.90. The lowest BCUT2D eigenvalue weighted by Crippen LogP contribution is -2.01. The first-order valence-corrected chi connectivity index (χ1v) is 5.99. The van der Waals surface area contributed by atoms with Crippen molar-refractivity contribution < 1.29 is 0 Å². The van der Waals surface area contributed by atoms with Gasteiger partial charge in [0.15, 0.2) is 0 Å². The molecule has 0 aliphatic heterocycles. The Labute approximate surface area is 113 Å². The Bertz CT molecular complexity index is 606. The zero-order valence-electron chi connectivity index (χ0n) is 9.61. The molecule has 2 N–H and O–H groups in total. The molecule has 0 radical (unpaired) electrons. The van der Waals surface area contributed by atoms with Crippen molar-refractivity contribution >= 4 is 33.4 Å². The van der Waals surface area contributed by atoms with Crippen LogP contribution in [0.1, 0.15) is 5.56 Å². The molecule has 1 aromatic carbocycles. The van der Waals surface area contributed by atoms with Gasteiger partial charge in [0.1, 0.15) is 5.82 Å². The standard InChI is InChI=1S/C12H10BrN5/c1-15-12-16-7-10(13)11(18-12)17-9-4-2-3-8(5-9)6-14/h2-5,7H,1H3,(H2,15,16,17,18). The molecule has 0 aliphatic carbocycles. The minimum atomic E-state index is 0.525. The number of aromatic nitrogens is 2. The fourth-order valence-corrected chi connectivity index (χ4v) is 1.67. The molecule has 0 fully saturated rings. The van der Waals surface area contributed by atoms with Gasteiger partial charge in [-0.1, -0.05) is 6.07 Å². The molecule has 0 unspecified atom stereocenters. The zero-order valence-corrected chi connectivity index (χ0v) is 11.2. The van der Waals surface area contributed by atoms with Gasteiger partial charge in [-0.2, -0.15) is 10.2 Å². The van der Waals surface area contributed by atoms with Crippen LogP contribution in [0.5, 0.6) is 0 Å². The SMILES string of the molecule is CNc1ncc(Br)c(Nc2cccc(C#N)c2)n1. The van der Waals surface area contributed by atoms with E-state index in [4.69, 9.17) is 5.26 Å². The fraction of sp³-hybridized carbons (Fsp3) is 0.0833. The summed E-state index contributed by atoms with van der Waals surface area (Å²) in [7, 11) is 1.75. The van der Waals surface area contributed by atoms with Gasteiger partial charge < -0.3 is 10.6 Å². The molecule has 1 heterocycles. The lowest BCUT2D eigenvalue weighted by atomic mass is 10.2.